The molecule has 0 aliphatic rings. The molecule has 36 heavy (non-hydrogen) atoms. The zero-order chi connectivity index (χ0) is 26.1. The van der Waals surface area contributed by atoms with Gasteiger partial charge in [-0.25, -0.2) is 0 Å². The molecule has 4 rings (SSSR count). The minimum atomic E-state index is 0.418. The molecule has 3 heteroatoms. The van der Waals surface area contributed by atoms with Gasteiger partial charge in [0.05, 0.1) is 0 Å². The largest absolute Gasteiger partial charge is 0.398 e. The highest BCUT2D eigenvalue weighted by molar-refractivity contribution is 5.90. The van der Waals surface area contributed by atoms with Crippen molar-refractivity contribution in [3.63, 3.8) is 0 Å². The summed E-state index contributed by atoms with van der Waals surface area (Å²) >= 11 is 0. The lowest BCUT2D eigenvalue weighted by atomic mass is 9.89. The van der Waals surface area contributed by atoms with Gasteiger partial charge in [-0.3, -0.25) is 0 Å². The van der Waals surface area contributed by atoms with Crippen molar-refractivity contribution in [1.82, 2.24) is 0 Å². The van der Waals surface area contributed by atoms with Gasteiger partial charge in [0.25, 0.3) is 0 Å². The zero-order valence-corrected chi connectivity index (χ0v) is 22.4. The fraction of sp³-hybridized carbons (Fsp3) is 0.273. The molecule has 0 aromatic heterocycles. The first-order chi connectivity index (χ1) is 17.0. The third kappa shape index (κ3) is 5.11. The van der Waals surface area contributed by atoms with Crippen LogP contribution in [0.15, 0.2) is 72.8 Å². The third-order valence-corrected chi connectivity index (χ3v) is 7.09. The molecule has 6 N–H and O–H groups in total. The van der Waals surface area contributed by atoms with E-state index in [1.165, 1.54) is 16.7 Å². The molecular weight excluding hydrogens is 438 g/mol. The summed E-state index contributed by atoms with van der Waals surface area (Å²) in [5, 5.41) is 0. The zero-order valence-electron chi connectivity index (χ0n) is 22.4. The molecule has 4 aromatic rings. The van der Waals surface area contributed by atoms with Crippen molar-refractivity contribution in [2.75, 3.05) is 17.2 Å². The monoisotopic (exact) mass is 477 g/mol. The van der Waals surface area contributed by atoms with E-state index in [1.54, 1.807) is 0 Å². The van der Waals surface area contributed by atoms with Gasteiger partial charge < -0.3 is 17.2 Å². The summed E-state index contributed by atoms with van der Waals surface area (Å²) in [6, 6.07) is 25.7. The van der Waals surface area contributed by atoms with Gasteiger partial charge in [-0.1, -0.05) is 77.9 Å². The van der Waals surface area contributed by atoms with Crippen LogP contribution < -0.4 is 17.2 Å². The Morgan fingerprint density at radius 2 is 0.639 bits per heavy atom. The van der Waals surface area contributed by atoms with E-state index in [1.807, 2.05) is 0 Å². The van der Waals surface area contributed by atoms with Gasteiger partial charge in [-0.2, -0.15) is 0 Å². The number of nitrogen functional groups attached to an aromatic ring is 3. The van der Waals surface area contributed by atoms with Crippen LogP contribution in [-0.2, 0) is 0 Å². The van der Waals surface area contributed by atoms with Crippen LogP contribution in [0.5, 0.6) is 0 Å². The molecule has 0 aliphatic heterocycles. The first-order valence-corrected chi connectivity index (χ1v) is 12.9. The first kappa shape index (κ1) is 25.4. The maximum atomic E-state index is 6.59. The number of rotatable bonds is 6. The maximum absolute atomic E-state index is 6.59. The topological polar surface area (TPSA) is 78.1 Å². The quantitative estimate of drug-likeness (QED) is 0.243. The molecule has 0 aliphatic carbocycles. The van der Waals surface area contributed by atoms with E-state index in [4.69, 9.17) is 17.2 Å². The van der Waals surface area contributed by atoms with Crippen molar-refractivity contribution < 1.29 is 0 Å². The molecule has 0 radical (unpaired) electrons. The number of benzene rings is 4. The summed E-state index contributed by atoms with van der Waals surface area (Å²) < 4.78 is 0. The Balaban J connectivity index is 1.93. The van der Waals surface area contributed by atoms with E-state index in [2.05, 4.69) is 114 Å². The molecule has 0 saturated carbocycles. The highest BCUT2D eigenvalue weighted by atomic mass is 14.6. The van der Waals surface area contributed by atoms with Crippen LogP contribution in [0, 0.1) is 0 Å². The summed E-state index contributed by atoms with van der Waals surface area (Å²) in [5.74, 6) is 1.25. The molecule has 0 heterocycles. The minimum absolute atomic E-state index is 0.418. The highest BCUT2D eigenvalue weighted by Crippen LogP contribution is 2.39. The Kier molecular flexibility index (Phi) is 7.12. The van der Waals surface area contributed by atoms with Gasteiger partial charge in [0.15, 0.2) is 0 Å². The maximum Gasteiger partial charge on any atom is 0.0396 e. The average molecular weight is 478 g/mol. The third-order valence-electron chi connectivity index (χ3n) is 7.09. The average Bonchev–Trinajstić information content (AvgIpc) is 2.83. The lowest BCUT2D eigenvalue weighted by molar-refractivity contribution is 0.867. The van der Waals surface area contributed by atoms with Crippen LogP contribution in [-0.4, -0.2) is 0 Å². The van der Waals surface area contributed by atoms with E-state index in [9.17, 15) is 0 Å². The number of nitrogens with two attached hydrogens (primary N) is 3. The van der Waals surface area contributed by atoms with Crippen LogP contribution in [0.4, 0.5) is 17.1 Å². The van der Waals surface area contributed by atoms with Gasteiger partial charge in [0.1, 0.15) is 0 Å². The fourth-order valence-corrected chi connectivity index (χ4v) is 4.70. The summed E-state index contributed by atoms with van der Waals surface area (Å²) in [6.07, 6.45) is 0. The summed E-state index contributed by atoms with van der Waals surface area (Å²) in [4.78, 5) is 0. The van der Waals surface area contributed by atoms with Crippen molar-refractivity contribution in [2.45, 2.75) is 59.3 Å². The van der Waals surface area contributed by atoms with Crippen molar-refractivity contribution in [3.8, 4) is 33.4 Å². The lowest BCUT2D eigenvalue weighted by Crippen LogP contribution is -1.98. The SMILES string of the molecule is CC(C)c1ccc(-c2cc(-c3ccc(C(C)C)cc3N)cc(-c3ccc(C(C)C)cc3N)c2)c(N)c1. The van der Waals surface area contributed by atoms with Crippen LogP contribution in [0.3, 0.4) is 0 Å². The van der Waals surface area contributed by atoms with Crippen molar-refractivity contribution in [3.05, 3.63) is 89.5 Å². The normalized spacial score (nSPS) is 11.6. The molecule has 0 saturated heterocycles. The Bertz CT molecular complexity index is 1210. The van der Waals surface area contributed by atoms with Gasteiger partial charge in [0, 0.05) is 33.8 Å². The Hall–Kier alpha value is -3.72. The van der Waals surface area contributed by atoms with Gasteiger partial charge >= 0.3 is 0 Å². The first-order valence-electron chi connectivity index (χ1n) is 12.9. The minimum Gasteiger partial charge on any atom is -0.398 e. The van der Waals surface area contributed by atoms with Gasteiger partial charge in [-0.05, 0) is 87.5 Å². The second-order valence-electron chi connectivity index (χ2n) is 10.8. The van der Waals surface area contributed by atoms with Crippen molar-refractivity contribution >= 4 is 17.1 Å². The van der Waals surface area contributed by atoms with E-state index >= 15 is 0 Å². The van der Waals surface area contributed by atoms with E-state index in [0.717, 1.165) is 50.4 Å². The predicted octanol–water partition coefficient (Wildman–Crippen LogP) is 8.80. The summed E-state index contributed by atoms with van der Waals surface area (Å²) in [6.45, 7) is 13.1. The molecule has 3 nitrogen and oxygen atoms in total. The Morgan fingerprint density at radius 1 is 0.389 bits per heavy atom. The predicted molar refractivity (Wildman–Crippen MR) is 158 cm³/mol. The number of hydrogen-bond acceptors (Lipinski definition) is 3. The molecule has 0 atom stereocenters. The van der Waals surface area contributed by atoms with Crippen LogP contribution >= 0.6 is 0 Å². The number of anilines is 3. The van der Waals surface area contributed by atoms with Crippen LogP contribution in [0.25, 0.3) is 33.4 Å². The standard InChI is InChI=1S/C33H39N3/c1-19(2)22-7-10-28(31(34)16-22)25-13-26(29-11-8-23(20(3)4)17-32(29)35)15-27(14-25)30-12-9-24(21(5)6)18-33(30)36/h7-21H,34-36H2,1-6H3. The van der Waals surface area contributed by atoms with Gasteiger partial charge in [0.2, 0.25) is 0 Å². The second-order valence-corrected chi connectivity index (χ2v) is 10.8. The molecule has 0 unspecified atom stereocenters. The molecule has 186 valence electrons. The van der Waals surface area contributed by atoms with Crippen LogP contribution in [0.2, 0.25) is 0 Å². The highest BCUT2D eigenvalue weighted by Gasteiger charge is 2.15. The molecular formula is C33H39N3. The van der Waals surface area contributed by atoms with E-state index in [0.29, 0.717) is 17.8 Å². The smallest absolute Gasteiger partial charge is 0.0396 e. The Morgan fingerprint density at radius 3 is 0.833 bits per heavy atom. The van der Waals surface area contributed by atoms with Crippen molar-refractivity contribution in [2.24, 2.45) is 0 Å². The molecule has 0 amide bonds. The molecule has 0 fully saturated rings. The number of hydrogen-bond donors (Lipinski definition) is 3. The van der Waals surface area contributed by atoms with Crippen LogP contribution in [0.1, 0.15) is 76.0 Å². The fourth-order valence-electron chi connectivity index (χ4n) is 4.70. The van der Waals surface area contributed by atoms with Gasteiger partial charge in [-0.15, -0.1) is 0 Å². The Labute approximate surface area is 216 Å². The molecule has 0 bridgehead atoms. The van der Waals surface area contributed by atoms with E-state index in [-0.39, 0.29) is 0 Å². The molecule has 0 spiro atoms. The lowest BCUT2D eigenvalue weighted by Gasteiger charge is -2.17. The summed E-state index contributed by atoms with van der Waals surface area (Å²) in [5.41, 5.74) is 32.0. The second kappa shape index (κ2) is 10.1. The van der Waals surface area contributed by atoms with E-state index < -0.39 is 0 Å². The summed E-state index contributed by atoms with van der Waals surface area (Å²) in [7, 11) is 0. The molecule has 4 aromatic carbocycles. The van der Waals surface area contributed by atoms with Crippen molar-refractivity contribution in [1.29, 1.82) is 0 Å².